The van der Waals surface area contributed by atoms with Crippen LogP contribution in [0.2, 0.25) is 0 Å². The average molecular weight is 309 g/mol. The lowest BCUT2D eigenvalue weighted by molar-refractivity contribution is 0.102. The lowest BCUT2D eigenvalue weighted by Gasteiger charge is -1.94. The van der Waals surface area contributed by atoms with E-state index in [1.807, 2.05) is 6.07 Å². The summed E-state index contributed by atoms with van der Waals surface area (Å²) in [4.78, 5) is 12.4. The van der Waals surface area contributed by atoms with Crippen molar-refractivity contribution in [3.05, 3.63) is 21.9 Å². The van der Waals surface area contributed by atoms with Crippen LogP contribution in [0.25, 0.3) is 0 Å². The van der Waals surface area contributed by atoms with Crippen molar-refractivity contribution in [3.8, 4) is 6.07 Å². The van der Waals surface area contributed by atoms with Crippen molar-refractivity contribution in [2.75, 3.05) is 0 Å². The zero-order valence-electron chi connectivity index (χ0n) is 5.75. The zero-order valence-corrected chi connectivity index (χ0v) is 9.74. The van der Waals surface area contributed by atoms with E-state index in [1.165, 1.54) is 11.3 Å². The molecule has 0 radical (unpaired) electrons. The Morgan fingerprint density at radius 1 is 1.58 bits per heavy atom. The minimum atomic E-state index is -0.366. The molecule has 0 amide bonds. The predicted molar refractivity (Wildman–Crippen MR) is 55.0 cm³/mol. The van der Waals surface area contributed by atoms with E-state index >= 15 is 0 Å². The number of hydrogen-bond acceptors (Lipinski definition) is 3. The smallest absolute Gasteiger partial charge is 0.197 e. The van der Waals surface area contributed by atoms with Gasteiger partial charge >= 0.3 is 0 Å². The van der Waals surface area contributed by atoms with Gasteiger partial charge in [0.15, 0.2) is 5.78 Å². The van der Waals surface area contributed by atoms with Crippen LogP contribution in [0.15, 0.2) is 12.1 Å². The Morgan fingerprint density at radius 3 is 2.67 bits per heavy atom. The second-order valence-corrected chi connectivity index (χ2v) is 6.08. The van der Waals surface area contributed by atoms with Crippen LogP contribution in [0.4, 0.5) is 0 Å². The van der Waals surface area contributed by atoms with Crippen molar-refractivity contribution in [1.29, 1.82) is 5.26 Å². The van der Waals surface area contributed by atoms with Gasteiger partial charge in [0.2, 0.25) is 0 Å². The third-order valence-corrected chi connectivity index (χ3v) is 2.99. The van der Waals surface area contributed by atoms with E-state index in [4.69, 9.17) is 5.26 Å². The topological polar surface area (TPSA) is 40.9 Å². The Hall–Kier alpha value is -0.180. The minimum Gasteiger partial charge on any atom is -0.291 e. The quantitative estimate of drug-likeness (QED) is 0.622. The molecule has 0 unspecified atom stereocenters. The molecular formula is C7H3Br2NOS. The molecule has 62 valence electrons. The number of thiophene rings is 1. The fourth-order valence-corrected chi connectivity index (χ4v) is 2.21. The van der Waals surface area contributed by atoms with E-state index in [2.05, 4.69) is 31.9 Å². The van der Waals surface area contributed by atoms with Gasteiger partial charge in [-0.3, -0.25) is 4.79 Å². The van der Waals surface area contributed by atoms with Crippen molar-refractivity contribution in [1.82, 2.24) is 0 Å². The molecule has 5 heteroatoms. The van der Waals surface area contributed by atoms with Gasteiger partial charge in [-0.05, 0) is 12.1 Å². The van der Waals surface area contributed by atoms with E-state index in [0.717, 1.165) is 0 Å². The molecule has 0 saturated carbocycles. The fraction of sp³-hybridized carbons (Fsp3) is 0.143. The van der Waals surface area contributed by atoms with Gasteiger partial charge in [-0.1, -0.05) is 31.9 Å². The Balaban J connectivity index is 2.91. The van der Waals surface area contributed by atoms with E-state index in [-0.39, 0.29) is 9.52 Å². The maximum atomic E-state index is 11.3. The first kappa shape index (κ1) is 9.90. The summed E-state index contributed by atoms with van der Waals surface area (Å²) in [6.07, 6.45) is 0. The molecule has 0 saturated heterocycles. The number of rotatable bonds is 2. The number of nitrogens with zero attached hydrogens (tertiary/aromatic N) is 1. The largest absolute Gasteiger partial charge is 0.291 e. The second-order valence-electron chi connectivity index (χ2n) is 1.94. The summed E-state index contributed by atoms with van der Waals surface area (Å²) in [5.41, 5.74) is 0. The number of halogens is 2. The van der Waals surface area contributed by atoms with Gasteiger partial charge < -0.3 is 0 Å². The summed E-state index contributed by atoms with van der Waals surface area (Å²) >= 11 is 7.40. The van der Waals surface area contributed by atoms with Crippen LogP contribution in [0.3, 0.4) is 0 Å². The Morgan fingerprint density at radius 2 is 2.25 bits per heavy atom. The van der Waals surface area contributed by atoms with E-state index in [0.29, 0.717) is 9.75 Å². The standard InChI is InChI=1S/C7H3Br2NOS/c8-7(9)6(11)5-2-1-4(3-10)12-5/h1-2,7H. The van der Waals surface area contributed by atoms with E-state index in [9.17, 15) is 4.79 Å². The predicted octanol–water partition coefficient (Wildman–Crippen LogP) is 2.92. The number of hydrogen-bond donors (Lipinski definition) is 0. The molecule has 1 rings (SSSR count). The third kappa shape index (κ3) is 2.16. The van der Waals surface area contributed by atoms with Crippen LogP contribution >= 0.6 is 43.2 Å². The molecule has 0 bridgehead atoms. The Kier molecular flexibility index (Phi) is 3.44. The highest BCUT2D eigenvalue weighted by molar-refractivity contribution is 9.25. The SMILES string of the molecule is N#Cc1ccc(C(=O)C(Br)Br)s1. The molecule has 12 heavy (non-hydrogen) atoms. The number of Topliss-reactive ketones (excluding diaryl/α,β-unsaturated/α-hetero) is 1. The second kappa shape index (κ2) is 4.17. The molecule has 0 aliphatic heterocycles. The lowest BCUT2D eigenvalue weighted by atomic mass is 10.3. The normalized spacial score (nSPS) is 9.83. The minimum absolute atomic E-state index is 0.0542. The van der Waals surface area contributed by atoms with Crippen molar-refractivity contribution in [2.45, 2.75) is 3.74 Å². The molecule has 1 aromatic rings. The molecule has 2 nitrogen and oxygen atoms in total. The molecule has 0 aliphatic rings. The lowest BCUT2D eigenvalue weighted by Crippen LogP contribution is -2.03. The molecule has 0 spiro atoms. The van der Waals surface area contributed by atoms with Crippen LogP contribution in [-0.2, 0) is 0 Å². The van der Waals surface area contributed by atoms with Gasteiger partial charge in [-0.2, -0.15) is 5.26 Å². The molecule has 0 atom stereocenters. The van der Waals surface area contributed by atoms with Gasteiger partial charge in [-0.25, -0.2) is 0 Å². The van der Waals surface area contributed by atoms with Gasteiger partial charge in [-0.15, -0.1) is 11.3 Å². The molecule has 0 aliphatic carbocycles. The van der Waals surface area contributed by atoms with Crippen molar-refractivity contribution in [2.24, 2.45) is 0 Å². The highest BCUT2D eigenvalue weighted by Gasteiger charge is 2.15. The number of carbonyl (C=O) groups excluding carboxylic acids is 1. The summed E-state index contributed by atoms with van der Waals surface area (Å²) in [6.45, 7) is 0. The molecule has 0 fully saturated rings. The Labute approximate surface area is 90.5 Å². The van der Waals surface area contributed by atoms with Gasteiger partial charge in [0.05, 0.1) is 4.88 Å². The number of alkyl halides is 2. The fourth-order valence-electron chi connectivity index (χ4n) is 0.638. The van der Waals surface area contributed by atoms with Crippen LogP contribution in [-0.4, -0.2) is 9.52 Å². The maximum Gasteiger partial charge on any atom is 0.197 e. The maximum absolute atomic E-state index is 11.3. The summed E-state index contributed by atoms with van der Waals surface area (Å²) in [5.74, 6) is -0.0542. The highest BCUT2D eigenvalue weighted by Crippen LogP contribution is 2.22. The first-order chi connectivity index (χ1) is 5.65. The van der Waals surface area contributed by atoms with Crippen molar-refractivity contribution in [3.63, 3.8) is 0 Å². The van der Waals surface area contributed by atoms with Crippen LogP contribution in [0.1, 0.15) is 14.5 Å². The molecule has 1 heterocycles. The molecule has 0 aromatic carbocycles. The Bertz CT molecular complexity index is 339. The molecular weight excluding hydrogens is 306 g/mol. The van der Waals surface area contributed by atoms with E-state index < -0.39 is 0 Å². The van der Waals surface area contributed by atoms with Gasteiger partial charge in [0.25, 0.3) is 0 Å². The van der Waals surface area contributed by atoms with E-state index in [1.54, 1.807) is 12.1 Å². The third-order valence-electron chi connectivity index (χ3n) is 1.16. The average Bonchev–Trinajstić information content (AvgIpc) is 2.50. The van der Waals surface area contributed by atoms with Crippen molar-refractivity contribution >= 4 is 49.0 Å². The number of ketones is 1. The van der Waals surface area contributed by atoms with Crippen LogP contribution < -0.4 is 0 Å². The molecule has 1 aromatic heterocycles. The first-order valence-electron chi connectivity index (χ1n) is 2.97. The summed E-state index contributed by atoms with van der Waals surface area (Å²) in [7, 11) is 0. The summed E-state index contributed by atoms with van der Waals surface area (Å²) < 4.78 is -0.366. The monoisotopic (exact) mass is 307 g/mol. The van der Waals surface area contributed by atoms with Crippen molar-refractivity contribution < 1.29 is 4.79 Å². The van der Waals surface area contributed by atoms with Gasteiger partial charge in [0.1, 0.15) is 14.7 Å². The first-order valence-corrected chi connectivity index (χ1v) is 5.62. The highest BCUT2D eigenvalue weighted by atomic mass is 79.9. The zero-order chi connectivity index (χ0) is 9.14. The molecule has 0 N–H and O–H groups in total. The van der Waals surface area contributed by atoms with Crippen LogP contribution in [0.5, 0.6) is 0 Å². The number of carbonyl (C=O) groups is 1. The summed E-state index contributed by atoms with van der Waals surface area (Å²) in [5, 5.41) is 8.50. The van der Waals surface area contributed by atoms with Crippen LogP contribution in [0, 0.1) is 11.3 Å². The number of nitriles is 1. The van der Waals surface area contributed by atoms with Gasteiger partial charge in [0, 0.05) is 0 Å². The summed E-state index contributed by atoms with van der Waals surface area (Å²) in [6, 6.07) is 5.27.